The SMILES string of the molecule is O=C(NC1CCNCC1)C1CCCN(C(=O)c2ccc(F)cc2)C1. The van der Waals surface area contributed by atoms with E-state index in [1.54, 1.807) is 4.90 Å². The number of benzene rings is 1. The third-order valence-electron chi connectivity index (χ3n) is 4.86. The summed E-state index contributed by atoms with van der Waals surface area (Å²) in [5.41, 5.74) is 0.468. The molecule has 0 saturated carbocycles. The molecule has 2 aliphatic rings. The van der Waals surface area contributed by atoms with Gasteiger partial charge < -0.3 is 15.5 Å². The first kappa shape index (κ1) is 16.9. The van der Waals surface area contributed by atoms with Gasteiger partial charge in [-0.25, -0.2) is 4.39 Å². The molecule has 2 heterocycles. The van der Waals surface area contributed by atoms with Crippen LogP contribution in [-0.4, -0.2) is 48.9 Å². The average Bonchev–Trinajstić information content (AvgIpc) is 2.63. The van der Waals surface area contributed by atoms with E-state index in [1.807, 2.05) is 0 Å². The Hall–Kier alpha value is -1.95. The van der Waals surface area contributed by atoms with E-state index in [-0.39, 0.29) is 29.6 Å². The van der Waals surface area contributed by atoms with Crippen LogP contribution in [0.2, 0.25) is 0 Å². The molecule has 3 rings (SSSR count). The minimum absolute atomic E-state index is 0.0542. The Morgan fingerprint density at radius 2 is 1.83 bits per heavy atom. The summed E-state index contributed by atoms with van der Waals surface area (Å²) in [7, 11) is 0. The lowest BCUT2D eigenvalue weighted by Crippen LogP contribution is -2.49. The molecule has 0 spiro atoms. The van der Waals surface area contributed by atoms with Crippen LogP contribution in [0, 0.1) is 11.7 Å². The van der Waals surface area contributed by atoms with Crippen LogP contribution in [-0.2, 0) is 4.79 Å². The third-order valence-corrected chi connectivity index (χ3v) is 4.86. The lowest BCUT2D eigenvalue weighted by atomic mass is 9.95. The highest BCUT2D eigenvalue weighted by Crippen LogP contribution is 2.20. The standard InChI is InChI=1S/C18H24FN3O2/c19-15-5-3-13(4-6-15)18(24)22-11-1-2-14(12-22)17(23)21-16-7-9-20-10-8-16/h3-6,14,16,20H,1-2,7-12H2,(H,21,23). The molecular formula is C18H24FN3O2. The Labute approximate surface area is 141 Å². The maximum atomic E-state index is 13.0. The van der Waals surface area contributed by atoms with Crippen molar-refractivity contribution in [3.8, 4) is 0 Å². The van der Waals surface area contributed by atoms with Gasteiger partial charge in [0, 0.05) is 24.7 Å². The van der Waals surface area contributed by atoms with Gasteiger partial charge in [-0.15, -0.1) is 0 Å². The Kier molecular flexibility index (Phi) is 5.45. The third kappa shape index (κ3) is 4.12. The summed E-state index contributed by atoms with van der Waals surface area (Å²) in [6.45, 7) is 2.95. The molecular weight excluding hydrogens is 309 g/mol. The molecule has 0 aromatic heterocycles. The molecule has 2 amide bonds. The predicted molar refractivity (Wildman–Crippen MR) is 89.1 cm³/mol. The van der Waals surface area contributed by atoms with Crippen LogP contribution >= 0.6 is 0 Å². The number of carbonyl (C=O) groups is 2. The summed E-state index contributed by atoms with van der Waals surface area (Å²) in [6, 6.07) is 5.81. The van der Waals surface area contributed by atoms with Crippen molar-refractivity contribution >= 4 is 11.8 Å². The van der Waals surface area contributed by atoms with Gasteiger partial charge in [-0.3, -0.25) is 9.59 Å². The van der Waals surface area contributed by atoms with Crippen molar-refractivity contribution in [2.24, 2.45) is 5.92 Å². The zero-order valence-electron chi connectivity index (χ0n) is 13.8. The van der Waals surface area contributed by atoms with Crippen LogP contribution in [0.5, 0.6) is 0 Å². The zero-order valence-corrected chi connectivity index (χ0v) is 13.8. The van der Waals surface area contributed by atoms with Crippen molar-refractivity contribution < 1.29 is 14.0 Å². The van der Waals surface area contributed by atoms with Crippen molar-refractivity contribution in [3.05, 3.63) is 35.6 Å². The molecule has 1 unspecified atom stereocenters. The Bertz CT molecular complexity index is 584. The number of nitrogens with zero attached hydrogens (tertiary/aromatic N) is 1. The number of halogens is 1. The van der Waals surface area contributed by atoms with E-state index < -0.39 is 0 Å². The maximum absolute atomic E-state index is 13.0. The van der Waals surface area contributed by atoms with E-state index in [9.17, 15) is 14.0 Å². The van der Waals surface area contributed by atoms with Gasteiger partial charge in [0.25, 0.3) is 5.91 Å². The molecule has 24 heavy (non-hydrogen) atoms. The van der Waals surface area contributed by atoms with Crippen LogP contribution in [0.4, 0.5) is 4.39 Å². The molecule has 0 aliphatic carbocycles. The van der Waals surface area contributed by atoms with E-state index in [0.717, 1.165) is 38.8 Å². The number of nitrogens with one attached hydrogen (secondary N) is 2. The molecule has 0 bridgehead atoms. The summed E-state index contributed by atoms with van der Waals surface area (Å²) in [4.78, 5) is 26.7. The lowest BCUT2D eigenvalue weighted by Gasteiger charge is -2.33. The molecule has 5 nitrogen and oxygen atoms in total. The Morgan fingerprint density at radius 1 is 1.12 bits per heavy atom. The highest BCUT2D eigenvalue weighted by Gasteiger charge is 2.30. The van der Waals surface area contributed by atoms with Crippen molar-refractivity contribution in [2.45, 2.75) is 31.7 Å². The quantitative estimate of drug-likeness (QED) is 0.882. The molecule has 1 aromatic carbocycles. The minimum Gasteiger partial charge on any atom is -0.353 e. The molecule has 2 aliphatic heterocycles. The van der Waals surface area contributed by atoms with Gasteiger partial charge in [-0.1, -0.05) is 0 Å². The second kappa shape index (κ2) is 7.75. The first-order valence-corrected chi connectivity index (χ1v) is 8.69. The smallest absolute Gasteiger partial charge is 0.253 e. The highest BCUT2D eigenvalue weighted by atomic mass is 19.1. The van der Waals surface area contributed by atoms with Crippen molar-refractivity contribution in [1.29, 1.82) is 0 Å². The predicted octanol–water partition coefficient (Wildman–Crippen LogP) is 1.55. The second-order valence-corrected chi connectivity index (χ2v) is 6.63. The number of piperidine rings is 2. The van der Waals surface area contributed by atoms with Gasteiger partial charge in [0.2, 0.25) is 5.91 Å². The van der Waals surface area contributed by atoms with Crippen molar-refractivity contribution in [1.82, 2.24) is 15.5 Å². The molecule has 6 heteroatoms. The van der Waals surface area contributed by atoms with E-state index >= 15 is 0 Å². The first-order valence-electron chi connectivity index (χ1n) is 8.69. The van der Waals surface area contributed by atoms with Crippen molar-refractivity contribution in [3.63, 3.8) is 0 Å². The van der Waals surface area contributed by atoms with Crippen molar-refractivity contribution in [2.75, 3.05) is 26.2 Å². The summed E-state index contributed by atoms with van der Waals surface area (Å²) >= 11 is 0. The molecule has 2 N–H and O–H groups in total. The van der Waals surface area contributed by atoms with Gasteiger partial charge in [-0.2, -0.15) is 0 Å². The second-order valence-electron chi connectivity index (χ2n) is 6.63. The highest BCUT2D eigenvalue weighted by molar-refractivity contribution is 5.94. The monoisotopic (exact) mass is 333 g/mol. The number of amides is 2. The van der Waals surface area contributed by atoms with Gasteiger partial charge in [0.05, 0.1) is 5.92 Å². The lowest BCUT2D eigenvalue weighted by molar-refractivity contribution is -0.127. The number of rotatable bonds is 3. The summed E-state index contributed by atoms with van der Waals surface area (Å²) in [5.74, 6) is -0.588. The van der Waals surface area contributed by atoms with E-state index in [1.165, 1.54) is 24.3 Å². The van der Waals surface area contributed by atoms with Gasteiger partial charge in [0.15, 0.2) is 0 Å². The van der Waals surface area contributed by atoms with E-state index in [4.69, 9.17) is 0 Å². The Morgan fingerprint density at radius 3 is 2.54 bits per heavy atom. The fourth-order valence-electron chi connectivity index (χ4n) is 3.44. The zero-order chi connectivity index (χ0) is 16.9. The number of carbonyl (C=O) groups excluding carboxylic acids is 2. The van der Waals surface area contributed by atoms with Gasteiger partial charge in [-0.05, 0) is 63.0 Å². The van der Waals surface area contributed by atoms with Gasteiger partial charge in [0.1, 0.15) is 5.82 Å². The number of hydrogen-bond donors (Lipinski definition) is 2. The summed E-state index contributed by atoms with van der Waals surface area (Å²) in [5, 5.41) is 6.41. The molecule has 130 valence electrons. The van der Waals surface area contributed by atoms with Crippen LogP contribution in [0.25, 0.3) is 0 Å². The molecule has 1 atom stereocenters. The molecule has 1 aromatic rings. The molecule has 2 fully saturated rings. The first-order chi connectivity index (χ1) is 11.6. The fraction of sp³-hybridized carbons (Fsp3) is 0.556. The van der Waals surface area contributed by atoms with Crippen LogP contribution in [0.15, 0.2) is 24.3 Å². The largest absolute Gasteiger partial charge is 0.353 e. The number of likely N-dealkylation sites (tertiary alicyclic amines) is 1. The van der Waals surface area contributed by atoms with Crippen LogP contribution in [0.3, 0.4) is 0 Å². The number of hydrogen-bond acceptors (Lipinski definition) is 3. The molecule has 2 saturated heterocycles. The van der Waals surface area contributed by atoms with E-state index in [2.05, 4.69) is 10.6 Å². The topological polar surface area (TPSA) is 61.4 Å². The van der Waals surface area contributed by atoms with E-state index in [0.29, 0.717) is 18.7 Å². The maximum Gasteiger partial charge on any atom is 0.253 e. The summed E-state index contributed by atoms with van der Waals surface area (Å²) < 4.78 is 13.0. The van der Waals surface area contributed by atoms with Gasteiger partial charge >= 0.3 is 0 Å². The van der Waals surface area contributed by atoms with Crippen LogP contribution in [0.1, 0.15) is 36.0 Å². The molecule has 0 radical (unpaired) electrons. The fourth-order valence-corrected chi connectivity index (χ4v) is 3.44. The Balaban J connectivity index is 1.58. The summed E-state index contributed by atoms with van der Waals surface area (Å²) in [6.07, 6.45) is 3.54. The minimum atomic E-state index is -0.357. The van der Waals surface area contributed by atoms with Crippen LogP contribution < -0.4 is 10.6 Å². The normalized spacial score (nSPS) is 22.2. The average molecular weight is 333 g/mol.